The van der Waals surface area contributed by atoms with Gasteiger partial charge in [-0.3, -0.25) is 4.98 Å². The van der Waals surface area contributed by atoms with Crippen LogP contribution in [-0.2, 0) is 0 Å². The summed E-state index contributed by atoms with van der Waals surface area (Å²) in [7, 11) is 0. The van der Waals surface area contributed by atoms with Crippen LogP contribution in [0, 0.1) is 0 Å². The Balaban J connectivity index is 2.19. The molecule has 2 aromatic rings. The number of benzene rings is 1. The van der Waals surface area contributed by atoms with E-state index < -0.39 is 0 Å². The molecule has 0 atom stereocenters. The number of hydrogen-bond acceptors (Lipinski definition) is 1. The Kier molecular flexibility index (Phi) is 2.65. The van der Waals surface area contributed by atoms with Crippen LogP contribution in [0.15, 0.2) is 48.8 Å². The predicted molar refractivity (Wildman–Crippen MR) is 57.1 cm³/mol. The maximum absolute atomic E-state index is 5.79. The van der Waals surface area contributed by atoms with Gasteiger partial charge in [-0.05, 0) is 18.2 Å². The topological polar surface area (TPSA) is 27.0 Å². The lowest BCUT2D eigenvalue weighted by Gasteiger charge is -2.01. The van der Waals surface area contributed by atoms with E-state index in [-0.39, 0.29) is 0 Å². The predicted octanol–water partition coefficient (Wildman–Crippen LogP) is 3.30. The minimum Gasteiger partial charge on any atom is -0.261 e. The van der Waals surface area contributed by atoms with Gasteiger partial charge in [0.25, 0.3) is 0 Å². The molecule has 0 amide bonds. The third-order valence-electron chi connectivity index (χ3n) is 1.70. The summed E-state index contributed by atoms with van der Waals surface area (Å²) in [5, 5.41) is 4.95. The van der Waals surface area contributed by atoms with Crippen molar-refractivity contribution >= 4 is 23.0 Å². The van der Waals surface area contributed by atoms with Crippen LogP contribution in [0.2, 0.25) is 5.02 Å². The molecule has 0 spiro atoms. The largest absolute Gasteiger partial charge is 0.261 e. The van der Waals surface area contributed by atoms with Gasteiger partial charge in [-0.15, -0.1) is 0 Å². The molecule has 1 aromatic heterocycles. The molecule has 0 aliphatic rings. The Hall–Kier alpha value is -1.54. The Morgan fingerprint density at radius 2 is 1.79 bits per heavy atom. The summed E-state index contributed by atoms with van der Waals surface area (Å²) in [5.74, 6) is 0. The first kappa shape index (κ1) is 9.03. The van der Waals surface area contributed by atoms with E-state index in [2.05, 4.69) is 10.3 Å². The van der Waals surface area contributed by atoms with Gasteiger partial charge in [0.1, 0.15) is 0 Å². The van der Waals surface area contributed by atoms with E-state index in [0.717, 1.165) is 11.4 Å². The van der Waals surface area contributed by atoms with Crippen molar-refractivity contribution in [2.75, 3.05) is 0 Å². The second kappa shape index (κ2) is 4.11. The number of aromatic nitrogens is 1. The molecule has 2 nitrogen and oxygen atoms in total. The molecule has 0 saturated heterocycles. The molecular formula is C11H8ClN2. The Labute approximate surface area is 87.6 Å². The Morgan fingerprint density at radius 3 is 2.50 bits per heavy atom. The van der Waals surface area contributed by atoms with Gasteiger partial charge in [-0.25, -0.2) is 5.32 Å². The summed E-state index contributed by atoms with van der Waals surface area (Å²) in [5.41, 5.74) is 1.67. The van der Waals surface area contributed by atoms with Crippen LogP contribution in [0.1, 0.15) is 0 Å². The van der Waals surface area contributed by atoms with E-state index in [9.17, 15) is 0 Å². The highest BCUT2D eigenvalue weighted by Gasteiger charge is 1.96. The van der Waals surface area contributed by atoms with E-state index in [1.165, 1.54) is 0 Å². The molecule has 0 unspecified atom stereocenters. The lowest BCUT2D eigenvalue weighted by atomic mass is 10.3. The van der Waals surface area contributed by atoms with Crippen molar-refractivity contribution in [1.82, 2.24) is 10.3 Å². The number of rotatable bonds is 2. The molecule has 1 aromatic carbocycles. The Bertz CT molecular complexity index is 415. The maximum atomic E-state index is 5.79. The zero-order chi connectivity index (χ0) is 9.80. The first-order chi connectivity index (χ1) is 6.84. The van der Waals surface area contributed by atoms with E-state index in [4.69, 9.17) is 11.6 Å². The van der Waals surface area contributed by atoms with Crippen molar-refractivity contribution in [1.29, 1.82) is 0 Å². The van der Waals surface area contributed by atoms with Crippen LogP contribution >= 0.6 is 11.6 Å². The van der Waals surface area contributed by atoms with Crippen LogP contribution in [-0.4, -0.2) is 4.98 Å². The van der Waals surface area contributed by atoms with Crippen LogP contribution in [0.4, 0.5) is 11.4 Å². The first-order valence-electron chi connectivity index (χ1n) is 4.22. The quantitative estimate of drug-likeness (QED) is 0.736. The molecule has 0 aliphatic heterocycles. The van der Waals surface area contributed by atoms with Crippen LogP contribution in [0.5, 0.6) is 0 Å². The average Bonchev–Trinajstić information content (AvgIpc) is 2.19. The summed E-state index contributed by atoms with van der Waals surface area (Å²) < 4.78 is 0. The number of nitrogens with zero attached hydrogens (tertiary/aromatic N) is 2. The summed E-state index contributed by atoms with van der Waals surface area (Å²) in [6, 6.07) is 11.5. The zero-order valence-corrected chi connectivity index (χ0v) is 8.15. The van der Waals surface area contributed by atoms with Gasteiger partial charge in [0.05, 0.1) is 22.6 Å². The first-order valence-corrected chi connectivity index (χ1v) is 4.60. The van der Waals surface area contributed by atoms with E-state index in [1.807, 2.05) is 30.3 Å². The van der Waals surface area contributed by atoms with Crippen LogP contribution < -0.4 is 5.32 Å². The van der Waals surface area contributed by atoms with E-state index in [1.54, 1.807) is 18.5 Å². The second-order valence-electron chi connectivity index (χ2n) is 2.81. The van der Waals surface area contributed by atoms with Crippen LogP contribution in [0.25, 0.3) is 0 Å². The summed E-state index contributed by atoms with van der Waals surface area (Å²) in [4.78, 5) is 3.95. The van der Waals surface area contributed by atoms with E-state index in [0.29, 0.717) is 5.02 Å². The van der Waals surface area contributed by atoms with Crippen molar-refractivity contribution in [3.05, 3.63) is 53.8 Å². The smallest absolute Gasteiger partial charge is 0.0834 e. The monoisotopic (exact) mass is 203 g/mol. The Morgan fingerprint density at radius 1 is 1.00 bits per heavy atom. The molecule has 0 bridgehead atoms. The van der Waals surface area contributed by atoms with Gasteiger partial charge >= 0.3 is 0 Å². The summed E-state index contributed by atoms with van der Waals surface area (Å²) in [6.45, 7) is 0. The van der Waals surface area contributed by atoms with Crippen molar-refractivity contribution in [2.45, 2.75) is 0 Å². The molecule has 0 N–H and O–H groups in total. The fourth-order valence-corrected chi connectivity index (χ4v) is 1.28. The fraction of sp³-hybridized carbons (Fsp3) is 0. The minimum atomic E-state index is 0.599. The molecule has 14 heavy (non-hydrogen) atoms. The lowest BCUT2D eigenvalue weighted by molar-refractivity contribution is 1.15. The molecule has 0 fully saturated rings. The van der Waals surface area contributed by atoms with Gasteiger partial charge in [0.15, 0.2) is 0 Å². The number of para-hydroxylation sites is 1. The van der Waals surface area contributed by atoms with Gasteiger partial charge in [-0.1, -0.05) is 29.8 Å². The summed E-state index contributed by atoms with van der Waals surface area (Å²) >= 11 is 5.79. The van der Waals surface area contributed by atoms with Gasteiger partial charge < -0.3 is 0 Å². The molecular weight excluding hydrogens is 196 g/mol. The van der Waals surface area contributed by atoms with Crippen LogP contribution in [0.3, 0.4) is 0 Å². The highest BCUT2D eigenvalue weighted by atomic mass is 35.5. The zero-order valence-electron chi connectivity index (χ0n) is 7.39. The van der Waals surface area contributed by atoms with Gasteiger partial charge in [0.2, 0.25) is 0 Å². The lowest BCUT2D eigenvalue weighted by Crippen LogP contribution is -1.88. The third kappa shape index (κ3) is 2.24. The molecule has 1 radical (unpaired) electrons. The number of halogens is 1. The highest BCUT2D eigenvalue weighted by molar-refractivity contribution is 6.30. The highest BCUT2D eigenvalue weighted by Crippen LogP contribution is 2.18. The van der Waals surface area contributed by atoms with E-state index >= 15 is 0 Å². The number of pyridine rings is 1. The standard InChI is InChI=1S/C11H8ClN2/c12-9-6-11(8-13-7-9)14-10-4-2-1-3-5-10/h1-8H. The minimum absolute atomic E-state index is 0.599. The fourth-order valence-electron chi connectivity index (χ4n) is 1.11. The number of hydrogen-bond donors (Lipinski definition) is 0. The van der Waals surface area contributed by atoms with Crippen molar-refractivity contribution in [3.8, 4) is 0 Å². The maximum Gasteiger partial charge on any atom is 0.0834 e. The van der Waals surface area contributed by atoms with Gasteiger partial charge in [-0.2, -0.15) is 0 Å². The molecule has 0 saturated carbocycles. The van der Waals surface area contributed by atoms with Crippen molar-refractivity contribution < 1.29 is 0 Å². The SMILES string of the molecule is Clc1cncc([N]c2ccccc2)c1. The second-order valence-corrected chi connectivity index (χ2v) is 3.25. The molecule has 69 valence electrons. The molecule has 2 rings (SSSR count). The normalized spacial score (nSPS) is 9.79. The van der Waals surface area contributed by atoms with Gasteiger partial charge in [0, 0.05) is 6.20 Å². The van der Waals surface area contributed by atoms with Crippen molar-refractivity contribution in [3.63, 3.8) is 0 Å². The molecule has 1 heterocycles. The average molecular weight is 204 g/mol. The summed E-state index contributed by atoms with van der Waals surface area (Å²) in [6.07, 6.45) is 3.27. The molecule has 3 heteroatoms. The third-order valence-corrected chi connectivity index (χ3v) is 1.91. The van der Waals surface area contributed by atoms with Crippen molar-refractivity contribution in [2.24, 2.45) is 0 Å². The molecule has 0 aliphatic carbocycles.